The summed E-state index contributed by atoms with van der Waals surface area (Å²) in [6, 6.07) is 7.66. The zero-order valence-electron chi connectivity index (χ0n) is 7.51. The number of halogens is 1. The topological polar surface area (TPSA) is 39.9 Å². The second kappa shape index (κ2) is 3.79. The number of rotatable bonds is 2. The van der Waals surface area contributed by atoms with E-state index in [0.717, 1.165) is 11.4 Å². The number of nitrogens with zero attached hydrogens (tertiary/aromatic N) is 3. The van der Waals surface area contributed by atoms with Crippen LogP contribution < -0.4 is 4.74 Å². The van der Waals surface area contributed by atoms with Gasteiger partial charge in [0.15, 0.2) is 0 Å². The molecule has 0 radical (unpaired) electrons. The molecule has 0 fully saturated rings. The first-order valence-corrected chi connectivity index (χ1v) is 4.80. The van der Waals surface area contributed by atoms with Gasteiger partial charge in [-0.1, -0.05) is 0 Å². The fourth-order valence-electron chi connectivity index (χ4n) is 1.14. The SMILES string of the molecule is COc1ccc(-n2cnnc2Br)cc1. The molecule has 1 aromatic carbocycles. The second-order valence-electron chi connectivity index (χ2n) is 2.67. The summed E-state index contributed by atoms with van der Waals surface area (Å²) >= 11 is 3.30. The van der Waals surface area contributed by atoms with Gasteiger partial charge in [0.2, 0.25) is 4.73 Å². The number of hydrogen-bond donors (Lipinski definition) is 0. The summed E-state index contributed by atoms with van der Waals surface area (Å²) in [4.78, 5) is 0. The predicted molar refractivity (Wildman–Crippen MR) is 55.6 cm³/mol. The quantitative estimate of drug-likeness (QED) is 0.823. The largest absolute Gasteiger partial charge is 0.497 e. The predicted octanol–water partition coefficient (Wildman–Crippen LogP) is 2.04. The van der Waals surface area contributed by atoms with Crippen molar-refractivity contribution in [2.45, 2.75) is 0 Å². The Hall–Kier alpha value is -1.36. The molecule has 0 saturated carbocycles. The minimum absolute atomic E-state index is 0.683. The Balaban J connectivity index is 2.39. The van der Waals surface area contributed by atoms with Gasteiger partial charge in [-0.25, -0.2) is 0 Å². The first-order valence-electron chi connectivity index (χ1n) is 4.01. The van der Waals surface area contributed by atoms with Crippen LogP contribution in [0.2, 0.25) is 0 Å². The molecule has 0 aliphatic carbocycles. The number of methoxy groups -OCH3 is 1. The maximum atomic E-state index is 5.06. The smallest absolute Gasteiger partial charge is 0.204 e. The Bertz CT molecular complexity index is 424. The molecule has 0 bridgehead atoms. The van der Waals surface area contributed by atoms with Gasteiger partial charge in [0.25, 0.3) is 0 Å². The first-order chi connectivity index (χ1) is 6.81. The molecule has 0 amide bonds. The minimum atomic E-state index is 0.683. The lowest BCUT2D eigenvalue weighted by Gasteiger charge is -2.03. The van der Waals surface area contributed by atoms with Crippen LogP contribution in [0.15, 0.2) is 35.3 Å². The van der Waals surface area contributed by atoms with Crippen LogP contribution in [-0.4, -0.2) is 21.9 Å². The summed E-state index contributed by atoms with van der Waals surface area (Å²) < 4.78 is 7.58. The van der Waals surface area contributed by atoms with Crippen molar-refractivity contribution in [2.75, 3.05) is 7.11 Å². The van der Waals surface area contributed by atoms with Crippen LogP contribution in [-0.2, 0) is 0 Å². The molecule has 0 unspecified atom stereocenters. The highest BCUT2D eigenvalue weighted by Crippen LogP contribution is 2.17. The van der Waals surface area contributed by atoms with Crippen LogP contribution >= 0.6 is 15.9 Å². The highest BCUT2D eigenvalue weighted by molar-refractivity contribution is 9.10. The van der Waals surface area contributed by atoms with E-state index in [1.165, 1.54) is 0 Å². The summed E-state index contributed by atoms with van der Waals surface area (Å²) in [5, 5.41) is 7.61. The molecule has 0 N–H and O–H groups in total. The van der Waals surface area contributed by atoms with Crippen molar-refractivity contribution in [3.63, 3.8) is 0 Å². The fourth-order valence-corrected chi connectivity index (χ4v) is 1.52. The van der Waals surface area contributed by atoms with Crippen LogP contribution in [0.25, 0.3) is 5.69 Å². The lowest BCUT2D eigenvalue weighted by molar-refractivity contribution is 0.414. The lowest BCUT2D eigenvalue weighted by atomic mass is 10.3. The molecular weight excluding hydrogens is 246 g/mol. The van der Waals surface area contributed by atoms with Crippen LogP contribution in [0.4, 0.5) is 0 Å². The zero-order valence-corrected chi connectivity index (χ0v) is 9.10. The van der Waals surface area contributed by atoms with Crippen molar-refractivity contribution < 1.29 is 4.74 Å². The summed E-state index contributed by atoms with van der Waals surface area (Å²) in [5.41, 5.74) is 0.989. The van der Waals surface area contributed by atoms with Crippen LogP contribution in [0, 0.1) is 0 Å². The summed E-state index contributed by atoms with van der Waals surface area (Å²) in [7, 11) is 1.64. The number of hydrogen-bond acceptors (Lipinski definition) is 3. The van der Waals surface area contributed by atoms with E-state index in [9.17, 15) is 0 Å². The Morgan fingerprint density at radius 1 is 1.29 bits per heavy atom. The lowest BCUT2D eigenvalue weighted by Crippen LogP contribution is -1.92. The zero-order chi connectivity index (χ0) is 9.97. The molecule has 0 aliphatic heterocycles. The van der Waals surface area contributed by atoms with E-state index in [4.69, 9.17) is 4.74 Å². The average molecular weight is 254 g/mol. The van der Waals surface area contributed by atoms with Gasteiger partial charge in [-0.05, 0) is 40.2 Å². The van der Waals surface area contributed by atoms with E-state index < -0.39 is 0 Å². The van der Waals surface area contributed by atoms with Crippen LogP contribution in [0.1, 0.15) is 0 Å². The van der Waals surface area contributed by atoms with Crippen molar-refractivity contribution in [1.82, 2.24) is 14.8 Å². The Kier molecular flexibility index (Phi) is 2.49. The molecular formula is C9H8BrN3O. The number of aromatic nitrogens is 3. The highest BCUT2D eigenvalue weighted by Gasteiger charge is 2.02. The second-order valence-corrected chi connectivity index (χ2v) is 3.38. The van der Waals surface area contributed by atoms with E-state index in [0.29, 0.717) is 4.73 Å². The van der Waals surface area contributed by atoms with Gasteiger partial charge in [-0.15, -0.1) is 10.2 Å². The molecule has 72 valence electrons. The first kappa shape index (κ1) is 9.21. The fraction of sp³-hybridized carbons (Fsp3) is 0.111. The number of ether oxygens (including phenoxy) is 1. The highest BCUT2D eigenvalue weighted by atomic mass is 79.9. The van der Waals surface area contributed by atoms with Crippen LogP contribution in [0.5, 0.6) is 5.75 Å². The molecule has 0 atom stereocenters. The molecule has 0 aliphatic rings. The molecule has 5 heteroatoms. The monoisotopic (exact) mass is 253 g/mol. The third kappa shape index (κ3) is 1.63. The van der Waals surface area contributed by atoms with Crippen molar-refractivity contribution in [2.24, 2.45) is 0 Å². The van der Waals surface area contributed by atoms with Crippen molar-refractivity contribution in [1.29, 1.82) is 0 Å². The molecule has 2 aromatic rings. The molecule has 14 heavy (non-hydrogen) atoms. The normalized spacial score (nSPS) is 10.1. The van der Waals surface area contributed by atoms with E-state index in [-0.39, 0.29) is 0 Å². The summed E-state index contributed by atoms with van der Waals surface area (Å²) in [6.07, 6.45) is 1.64. The maximum Gasteiger partial charge on any atom is 0.204 e. The van der Waals surface area contributed by atoms with Crippen LogP contribution in [0.3, 0.4) is 0 Å². The van der Waals surface area contributed by atoms with E-state index >= 15 is 0 Å². The van der Waals surface area contributed by atoms with Gasteiger partial charge in [-0.2, -0.15) is 0 Å². The summed E-state index contributed by atoms with van der Waals surface area (Å²) in [5.74, 6) is 0.831. The molecule has 0 saturated heterocycles. The van der Waals surface area contributed by atoms with E-state index in [1.54, 1.807) is 13.4 Å². The maximum absolute atomic E-state index is 5.06. The Morgan fingerprint density at radius 3 is 2.50 bits per heavy atom. The Morgan fingerprint density at radius 2 is 2.00 bits per heavy atom. The van der Waals surface area contributed by atoms with E-state index in [1.807, 2.05) is 28.8 Å². The van der Waals surface area contributed by atoms with Crippen molar-refractivity contribution in [3.05, 3.63) is 35.3 Å². The van der Waals surface area contributed by atoms with Gasteiger partial charge in [0.05, 0.1) is 7.11 Å². The van der Waals surface area contributed by atoms with Gasteiger partial charge in [-0.3, -0.25) is 4.57 Å². The van der Waals surface area contributed by atoms with Crippen molar-refractivity contribution in [3.8, 4) is 11.4 Å². The molecule has 1 heterocycles. The van der Waals surface area contributed by atoms with Gasteiger partial charge >= 0.3 is 0 Å². The van der Waals surface area contributed by atoms with Gasteiger partial charge < -0.3 is 4.74 Å². The van der Waals surface area contributed by atoms with Crippen molar-refractivity contribution >= 4 is 15.9 Å². The molecule has 2 rings (SSSR count). The molecule has 1 aromatic heterocycles. The van der Waals surface area contributed by atoms with Gasteiger partial charge in [0.1, 0.15) is 12.1 Å². The van der Waals surface area contributed by atoms with E-state index in [2.05, 4.69) is 26.1 Å². The average Bonchev–Trinajstić information content (AvgIpc) is 2.65. The molecule has 0 spiro atoms. The number of benzene rings is 1. The molecule has 4 nitrogen and oxygen atoms in total. The standard InChI is InChI=1S/C9H8BrN3O/c1-14-8-4-2-7(3-5-8)13-6-11-12-9(13)10/h2-6H,1H3. The summed E-state index contributed by atoms with van der Waals surface area (Å²) in [6.45, 7) is 0. The Labute approximate surface area is 89.7 Å². The third-order valence-corrected chi connectivity index (χ3v) is 2.40. The van der Waals surface area contributed by atoms with Gasteiger partial charge in [0, 0.05) is 5.69 Å². The third-order valence-electron chi connectivity index (χ3n) is 1.86. The minimum Gasteiger partial charge on any atom is -0.497 e.